The maximum absolute atomic E-state index is 14.4. The summed E-state index contributed by atoms with van der Waals surface area (Å²) in [6, 6.07) is 9.15. The molecule has 22 heavy (non-hydrogen) atoms. The molecule has 2 rings (SSSR count). The number of ether oxygens (including phenoxy) is 1. The van der Waals surface area contributed by atoms with Crippen molar-refractivity contribution in [2.45, 2.75) is 12.8 Å². The highest BCUT2D eigenvalue weighted by Gasteiger charge is 2.15. The number of halogens is 2. The smallest absolute Gasteiger partial charge is 0.217 e. The average molecular weight is 322 g/mol. The quantitative estimate of drug-likeness (QED) is 0.828. The lowest BCUT2D eigenvalue weighted by Gasteiger charge is -2.11. The number of nitrogens with two attached hydrogens (primary N) is 1. The van der Waals surface area contributed by atoms with Crippen LogP contribution in [0, 0.1) is 5.82 Å². The van der Waals surface area contributed by atoms with Crippen LogP contribution in [0.15, 0.2) is 36.4 Å². The summed E-state index contributed by atoms with van der Waals surface area (Å²) in [5.41, 5.74) is 5.84. The van der Waals surface area contributed by atoms with Crippen molar-refractivity contribution in [1.82, 2.24) is 0 Å². The zero-order chi connectivity index (χ0) is 16.1. The van der Waals surface area contributed by atoms with Crippen LogP contribution in [0.25, 0.3) is 0 Å². The number of hydrogen-bond acceptors (Lipinski definition) is 3. The molecule has 0 spiro atoms. The SMILES string of the molecule is NC(=O)CCc1ccc(Cl)c(Oc2ccc(C=O)cc2)c1F. The van der Waals surface area contributed by atoms with Crippen molar-refractivity contribution < 1.29 is 18.7 Å². The van der Waals surface area contributed by atoms with Gasteiger partial charge in [0.05, 0.1) is 5.02 Å². The fourth-order valence-corrected chi connectivity index (χ4v) is 2.03. The highest BCUT2D eigenvalue weighted by molar-refractivity contribution is 6.32. The summed E-state index contributed by atoms with van der Waals surface area (Å²) in [6.07, 6.45) is 0.895. The molecular formula is C16H13ClFNO3. The fourth-order valence-electron chi connectivity index (χ4n) is 1.85. The van der Waals surface area contributed by atoms with E-state index < -0.39 is 11.7 Å². The third kappa shape index (κ3) is 3.83. The van der Waals surface area contributed by atoms with Crippen LogP contribution in [0.3, 0.4) is 0 Å². The number of aldehydes is 1. The van der Waals surface area contributed by atoms with Crippen molar-refractivity contribution in [2.75, 3.05) is 0 Å². The molecule has 0 atom stereocenters. The summed E-state index contributed by atoms with van der Waals surface area (Å²) in [6.45, 7) is 0. The maximum atomic E-state index is 14.4. The second-order valence-corrected chi connectivity index (χ2v) is 5.01. The lowest BCUT2D eigenvalue weighted by molar-refractivity contribution is -0.118. The van der Waals surface area contributed by atoms with Gasteiger partial charge in [0.15, 0.2) is 11.6 Å². The topological polar surface area (TPSA) is 69.4 Å². The minimum Gasteiger partial charge on any atom is -0.453 e. The number of rotatable bonds is 6. The molecule has 0 aliphatic carbocycles. The van der Waals surface area contributed by atoms with E-state index in [0.29, 0.717) is 23.2 Å². The van der Waals surface area contributed by atoms with E-state index in [1.807, 2.05) is 0 Å². The molecule has 0 bridgehead atoms. The highest BCUT2D eigenvalue weighted by atomic mass is 35.5. The third-order valence-corrected chi connectivity index (χ3v) is 3.30. The van der Waals surface area contributed by atoms with Crippen molar-refractivity contribution in [3.63, 3.8) is 0 Å². The van der Waals surface area contributed by atoms with Crippen molar-refractivity contribution in [3.05, 3.63) is 58.4 Å². The number of amides is 1. The van der Waals surface area contributed by atoms with Gasteiger partial charge in [-0.3, -0.25) is 9.59 Å². The lowest BCUT2D eigenvalue weighted by Crippen LogP contribution is -2.11. The second-order valence-electron chi connectivity index (χ2n) is 4.60. The first kappa shape index (κ1) is 16.0. The third-order valence-electron chi connectivity index (χ3n) is 3.01. The Hall–Kier alpha value is -2.40. The van der Waals surface area contributed by atoms with Crippen molar-refractivity contribution in [2.24, 2.45) is 5.73 Å². The van der Waals surface area contributed by atoms with Crippen molar-refractivity contribution in [1.29, 1.82) is 0 Å². The van der Waals surface area contributed by atoms with E-state index >= 15 is 0 Å². The van der Waals surface area contributed by atoms with Crippen LogP contribution >= 0.6 is 11.6 Å². The van der Waals surface area contributed by atoms with E-state index in [1.165, 1.54) is 24.3 Å². The average Bonchev–Trinajstić information content (AvgIpc) is 2.51. The standard InChI is InChI=1S/C16H13ClFNO3/c17-13-7-3-11(4-8-14(19)21)15(18)16(13)22-12-5-1-10(9-20)2-6-12/h1-3,5-7,9H,4,8H2,(H2,19,21). The van der Waals surface area contributed by atoms with Gasteiger partial charge in [0, 0.05) is 12.0 Å². The van der Waals surface area contributed by atoms with Crippen molar-refractivity contribution >= 4 is 23.8 Å². The molecule has 0 heterocycles. The predicted octanol–water partition coefficient (Wildman–Crippen LogP) is 3.50. The van der Waals surface area contributed by atoms with Crippen LogP contribution in [-0.2, 0) is 11.2 Å². The number of benzene rings is 2. The molecule has 6 heteroatoms. The van der Waals surface area contributed by atoms with Crippen LogP contribution in [0.2, 0.25) is 5.02 Å². The van der Waals surface area contributed by atoms with Crippen LogP contribution in [0.4, 0.5) is 4.39 Å². The van der Waals surface area contributed by atoms with Crippen LogP contribution in [0.1, 0.15) is 22.3 Å². The largest absolute Gasteiger partial charge is 0.453 e. The first-order valence-electron chi connectivity index (χ1n) is 6.49. The Balaban J connectivity index is 2.26. The van der Waals surface area contributed by atoms with Gasteiger partial charge in [0.25, 0.3) is 0 Å². The molecule has 2 aromatic carbocycles. The van der Waals surface area contributed by atoms with Crippen LogP contribution in [0.5, 0.6) is 11.5 Å². The minimum atomic E-state index is -0.631. The second kappa shape index (κ2) is 7.04. The van der Waals surface area contributed by atoms with E-state index in [2.05, 4.69) is 0 Å². The summed E-state index contributed by atoms with van der Waals surface area (Å²) in [5, 5.41) is 0.111. The Morgan fingerprint density at radius 1 is 1.23 bits per heavy atom. The molecule has 2 N–H and O–H groups in total. The Morgan fingerprint density at radius 2 is 1.91 bits per heavy atom. The van der Waals surface area contributed by atoms with E-state index in [0.717, 1.165) is 0 Å². The van der Waals surface area contributed by atoms with Crippen LogP contribution < -0.4 is 10.5 Å². The van der Waals surface area contributed by atoms with Crippen molar-refractivity contribution in [3.8, 4) is 11.5 Å². The molecule has 0 aliphatic rings. The summed E-state index contributed by atoms with van der Waals surface area (Å²) < 4.78 is 19.8. The molecule has 0 aliphatic heterocycles. The zero-order valence-electron chi connectivity index (χ0n) is 11.5. The summed E-state index contributed by atoms with van der Waals surface area (Å²) in [4.78, 5) is 21.4. The Bertz CT molecular complexity index is 701. The van der Waals surface area contributed by atoms with Gasteiger partial charge in [-0.1, -0.05) is 17.7 Å². The predicted molar refractivity (Wildman–Crippen MR) is 80.8 cm³/mol. The molecule has 0 radical (unpaired) electrons. The van der Waals surface area contributed by atoms with Gasteiger partial charge in [-0.15, -0.1) is 0 Å². The first-order chi connectivity index (χ1) is 10.5. The molecule has 0 saturated heterocycles. The molecule has 0 unspecified atom stereocenters. The number of hydrogen-bond donors (Lipinski definition) is 1. The lowest BCUT2D eigenvalue weighted by atomic mass is 10.1. The van der Waals surface area contributed by atoms with E-state index in [9.17, 15) is 14.0 Å². The summed E-state index contributed by atoms with van der Waals surface area (Å²) in [5.74, 6) is -0.921. The molecule has 0 saturated carbocycles. The molecule has 114 valence electrons. The van der Waals surface area contributed by atoms with Gasteiger partial charge in [0.2, 0.25) is 5.91 Å². The van der Waals surface area contributed by atoms with Crippen LogP contribution in [-0.4, -0.2) is 12.2 Å². The first-order valence-corrected chi connectivity index (χ1v) is 6.87. The number of carbonyl (C=O) groups excluding carboxylic acids is 2. The molecule has 0 fully saturated rings. The van der Waals surface area contributed by atoms with Gasteiger partial charge in [0.1, 0.15) is 12.0 Å². The van der Waals surface area contributed by atoms with E-state index in [-0.39, 0.29) is 23.6 Å². The summed E-state index contributed by atoms with van der Waals surface area (Å²) >= 11 is 5.96. The molecule has 0 aromatic heterocycles. The summed E-state index contributed by atoms with van der Waals surface area (Å²) in [7, 11) is 0. The Labute approximate surface area is 131 Å². The normalized spacial score (nSPS) is 10.3. The molecule has 2 aromatic rings. The Morgan fingerprint density at radius 3 is 2.50 bits per heavy atom. The molecular weight excluding hydrogens is 309 g/mol. The fraction of sp³-hybridized carbons (Fsp3) is 0.125. The highest BCUT2D eigenvalue weighted by Crippen LogP contribution is 2.34. The molecule has 1 amide bonds. The van der Waals surface area contributed by atoms with Gasteiger partial charge in [-0.25, -0.2) is 4.39 Å². The monoisotopic (exact) mass is 321 g/mol. The van der Waals surface area contributed by atoms with E-state index in [1.54, 1.807) is 12.1 Å². The van der Waals surface area contributed by atoms with Gasteiger partial charge < -0.3 is 10.5 Å². The maximum Gasteiger partial charge on any atom is 0.217 e. The zero-order valence-corrected chi connectivity index (χ0v) is 12.3. The Kier molecular flexibility index (Phi) is 5.12. The number of primary amides is 1. The van der Waals surface area contributed by atoms with Gasteiger partial charge in [-0.05, 0) is 42.3 Å². The number of carbonyl (C=O) groups is 2. The van der Waals surface area contributed by atoms with Gasteiger partial charge in [-0.2, -0.15) is 0 Å². The van der Waals surface area contributed by atoms with Gasteiger partial charge >= 0.3 is 0 Å². The molecule has 4 nitrogen and oxygen atoms in total. The number of aryl methyl sites for hydroxylation is 1. The van der Waals surface area contributed by atoms with E-state index in [4.69, 9.17) is 22.1 Å². The minimum absolute atomic E-state index is 0.0338.